The zero-order chi connectivity index (χ0) is 20.8. The molecular weight excluding hydrogens is 416 g/mol. The van der Waals surface area contributed by atoms with Crippen molar-refractivity contribution >= 4 is 35.1 Å². The molecule has 7 heteroatoms. The summed E-state index contributed by atoms with van der Waals surface area (Å²) in [5.74, 6) is 2.07. The van der Waals surface area contributed by atoms with Crippen LogP contribution >= 0.6 is 23.4 Å². The van der Waals surface area contributed by atoms with Crippen LogP contribution in [0.2, 0.25) is 5.15 Å². The molecule has 0 atom stereocenters. The van der Waals surface area contributed by atoms with Crippen LogP contribution in [-0.4, -0.2) is 52.7 Å². The molecule has 5 nitrogen and oxygen atoms in total. The summed E-state index contributed by atoms with van der Waals surface area (Å²) in [6.45, 7) is 3.70. The zero-order valence-electron chi connectivity index (χ0n) is 17.3. The number of hydrogen-bond acceptors (Lipinski definition) is 5. The first-order valence-corrected chi connectivity index (χ1v) is 12.3. The van der Waals surface area contributed by atoms with Crippen molar-refractivity contribution in [2.75, 3.05) is 36.8 Å². The summed E-state index contributed by atoms with van der Waals surface area (Å²) in [6.07, 6.45) is 6.88. The molecule has 2 saturated heterocycles. The van der Waals surface area contributed by atoms with E-state index in [0.717, 1.165) is 51.3 Å². The third kappa shape index (κ3) is 5.88. The smallest absolute Gasteiger partial charge is 0.233 e. The highest BCUT2D eigenvalue weighted by molar-refractivity contribution is 7.99. The lowest BCUT2D eigenvalue weighted by Crippen LogP contribution is -2.39. The van der Waals surface area contributed by atoms with E-state index in [4.69, 9.17) is 11.6 Å². The lowest BCUT2D eigenvalue weighted by Gasteiger charge is -2.32. The average molecular weight is 445 g/mol. The normalized spacial score (nSPS) is 17.9. The minimum Gasteiger partial charge on any atom is -0.356 e. The molecule has 4 rings (SSSR count). The fraction of sp³-hybridized carbons (Fsp3) is 0.522. The highest BCUT2D eigenvalue weighted by Gasteiger charge is 2.23. The van der Waals surface area contributed by atoms with Crippen LogP contribution in [0.1, 0.15) is 37.7 Å². The van der Waals surface area contributed by atoms with Gasteiger partial charge in [-0.05, 0) is 50.0 Å². The van der Waals surface area contributed by atoms with Gasteiger partial charge >= 0.3 is 0 Å². The Balaban J connectivity index is 1.26. The van der Waals surface area contributed by atoms with Crippen LogP contribution in [0.15, 0.2) is 41.6 Å². The number of rotatable bonds is 6. The van der Waals surface area contributed by atoms with Crippen molar-refractivity contribution in [3.8, 4) is 0 Å². The van der Waals surface area contributed by atoms with Crippen molar-refractivity contribution in [3.05, 3.63) is 47.1 Å². The molecule has 0 bridgehead atoms. The Morgan fingerprint density at radius 1 is 1.03 bits per heavy atom. The molecule has 3 heterocycles. The summed E-state index contributed by atoms with van der Waals surface area (Å²) >= 11 is 7.62. The Morgan fingerprint density at radius 3 is 2.50 bits per heavy atom. The summed E-state index contributed by atoms with van der Waals surface area (Å²) in [7, 11) is 0. The van der Waals surface area contributed by atoms with Gasteiger partial charge in [0.1, 0.15) is 11.0 Å². The van der Waals surface area contributed by atoms with E-state index in [1.807, 2.05) is 11.0 Å². The van der Waals surface area contributed by atoms with E-state index in [9.17, 15) is 4.79 Å². The van der Waals surface area contributed by atoms with Crippen LogP contribution < -0.4 is 4.90 Å². The quantitative estimate of drug-likeness (QED) is 0.367. The zero-order valence-corrected chi connectivity index (χ0v) is 18.9. The molecule has 30 heavy (non-hydrogen) atoms. The van der Waals surface area contributed by atoms with Gasteiger partial charge in [-0.15, -0.1) is 0 Å². The number of carbonyl (C=O) groups excluding carboxylic acids is 1. The maximum Gasteiger partial charge on any atom is 0.233 e. The minimum absolute atomic E-state index is 0.168. The topological polar surface area (TPSA) is 49.3 Å². The van der Waals surface area contributed by atoms with Gasteiger partial charge in [0.15, 0.2) is 5.16 Å². The van der Waals surface area contributed by atoms with E-state index in [1.165, 1.54) is 36.6 Å². The maximum atomic E-state index is 12.7. The molecule has 0 aliphatic carbocycles. The lowest BCUT2D eigenvalue weighted by molar-refractivity contribution is -0.129. The van der Waals surface area contributed by atoms with Gasteiger partial charge in [0.25, 0.3) is 0 Å². The SMILES string of the molecule is O=C(CSc1nc(Cl)cc(N2CCCCC2)n1)N1CCC(Cc2ccccc2)CC1. The molecule has 1 amide bonds. The number of nitrogens with zero attached hydrogens (tertiary/aromatic N) is 4. The lowest BCUT2D eigenvalue weighted by atomic mass is 9.90. The highest BCUT2D eigenvalue weighted by atomic mass is 35.5. The largest absolute Gasteiger partial charge is 0.356 e. The summed E-state index contributed by atoms with van der Waals surface area (Å²) in [5.41, 5.74) is 1.39. The average Bonchev–Trinajstić information content (AvgIpc) is 2.79. The standard InChI is InChI=1S/C23H29ClN4OS/c24-20-16-21(27-11-5-2-6-12-27)26-23(25-20)30-17-22(29)28-13-9-19(10-14-28)15-18-7-3-1-4-8-18/h1,3-4,7-8,16,19H,2,5-6,9-15,17H2. The number of aromatic nitrogens is 2. The van der Waals surface area contributed by atoms with Crippen molar-refractivity contribution in [3.63, 3.8) is 0 Å². The number of thioether (sulfide) groups is 1. The Hall–Kier alpha value is -1.79. The van der Waals surface area contributed by atoms with Crippen LogP contribution in [0.4, 0.5) is 5.82 Å². The molecule has 1 aromatic heterocycles. The molecule has 0 saturated carbocycles. The van der Waals surface area contributed by atoms with Gasteiger partial charge in [-0.2, -0.15) is 0 Å². The number of hydrogen-bond donors (Lipinski definition) is 0. The van der Waals surface area contributed by atoms with Gasteiger partial charge < -0.3 is 9.80 Å². The van der Waals surface area contributed by atoms with E-state index < -0.39 is 0 Å². The first-order valence-electron chi connectivity index (χ1n) is 10.9. The van der Waals surface area contributed by atoms with Crippen LogP contribution in [0.3, 0.4) is 0 Å². The number of likely N-dealkylation sites (tertiary alicyclic amines) is 1. The first-order chi connectivity index (χ1) is 14.7. The molecule has 0 radical (unpaired) electrons. The second-order valence-electron chi connectivity index (χ2n) is 8.18. The Labute approximate surface area is 188 Å². The Morgan fingerprint density at radius 2 is 1.77 bits per heavy atom. The molecular formula is C23H29ClN4OS. The third-order valence-electron chi connectivity index (χ3n) is 6.00. The fourth-order valence-electron chi connectivity index (χ4n) is 4.29. The molecule has 2 aliphatic heterocycles. The fourth-order valence-corrected chi connectivity index (χ4v) is 5.27. The van der Waals surface area contributed by atoms with Gasteiger partial charge in [-0.25, -0.2) is 9.97 Å². The van der Waals surface area contributed by atoms with Crippen LogP contribution in [0, 0.1) is 5.92 Å². The summed E-state index contributed by atoms with van der Waals surface area (Å²) in [5, 5.41) is 1.04. The van der Waals surface area contributed by atoms with E-state index in [-0.39, 0.29) is 5.91 Å². The van der Waals surface area contributed by atoms with E-state index >= 15 is 0 Å². The number of amides is 1. The van der Waals surface area contributed by atoms with Crippen molar-refractivity contribution in [1.29, 1.82) is 0 Å². The Bertz CT molecular complexity index is 836. The van der Waals surface area contributed by atoms with E-state index in [2.05, 4.69) is 45.2 Å². The van der Waals surface area contributed by atoms with Crippen LogP contribution in [0.5, 0.6) is 0 Å². The highest BCUT2D eigenvalue weighted by Crippen LogP contribution is 2.26. The van der Waals surface area contributed by atoms with E-state index in [0.29, 0.717) is 22.0 Å². The van der Waals surface area contributed by atoms with Gasteiger partial charge in [0.2, 0.25) is 5.91 Å². The van der Waals surface area contributed by atoms with Crippen molar-refractivity contribution < 1.29 is 4.79 Å². The summed E-state index contributed by atoms with van der Waals surface area (Å²) < 4.78 is 0. The monoisotopic (exact) mass is 444 g/mol. The number of anilines is 1. The second-order valence-corrected chi connectivity index (χ2v) is 9.51. The number of carbonyl (C=O) groups is 1. The Kier molecular flexibility index (Phi) is 7.50. The second kappa shape index (κ2) is 10.5. The maximum absolute atomic E-state index is 12.7. The molecule has 0 unspecified atom stereocenters. The van der Waals surface area contributed by atoms with E-state index in [1.54, 1.807) is 0 Å². The molecule has 0 N–H and O–H groups in total. The summed E-state index contributed by atoms with van der Waals surface area (Å²) in [4.78, 5) is 25.9. The first kappa shape index (κ1) is 21.4. The van der Waals surface area contributed by atoms with Crippen molar-refractivity contribution in [2.24, 2.45) is 5.92 Å². The van der Waals surface area contributed by atoms with Crippen molar-refractivity contribution in [1.82, 2.24) is 14.9 Å². The number of benzene rings is 1. The van der Waals surface area contributed by atoms with Gasteiger partial charge in [0.05, 0.1) is 5.75 Å². The van der Waals surface area contributed by atoms with Crippen molar-refractivity contribution in [2.45, 2.75) is 43.7 Å². The van der Waals surface area contributed by atoms with Gasteiger partial charge in [0, 0.05) is 32.2 Å². The van der Waals surface area contributed by atoms with Gasteiger partial charge in [-0.3, -0.25) is 4.79 Å². The molecule has 2 aromatic rings. The predicted molar refractivity (Wildman–Crippen MR) is 123 cm³/mol. The predicted octanol–water partition coefficient (Wildman–Crippen LogP) is 4.69. The van der Waals surface area contributed by atoms with Gasteiger partial charge in [-0.1, -0.05) is 53.7 Å². The molecule has 0 spiro atoms. The molecule has 2 aliphatic rings. The molecule has 1 aromatic carbocycles. The van der Waals surface area contributed by atoms with Crippen LogP contribution in [0.25, 0.3) is 0 Å². The van der Waals surface area contributed by atoms with Crippen LogP contribution in [-0.2, 0) is 11.2 Å². The molecule has 160 valence electrons. The summed E-state index contributed by atoms with van der Waals surface area (Å²) in [6, 6.07) is 12.5. The third-order valence-corrected chi connectivity index (χ3v) is 7.03. The number of halogens is 1. The molecule has 2 fully saturated rings. The minimum atomic E-state index is 0.168. The number of piperidine rings is 2.